The van der Waals surface area contributed by atoms with Gasteiger partial charge in [-0.05, 0) is 26.0 Å². The molecule has 1 atom stereocenters. The number of hydrogen-bond donors (Lipinski definition) is 0. The third-order valence-electron chi connectivity index (χ3n) is 3.07. The van der Waals surface area contributed by atoms with Gasteiger partial charge in [-0.1, -0.05) is 12.1 Å². The minimum Gasteiger partial charge on any atom is -0.465 e. The van der Waals surface area contributed by atoms with Gasteiger partial charge in [0.25, 0.3) is 0 Å². The molecule has 5 heteroatoms. The molecule has 0 aromatic heterocycles. The molecule has 0 bridgehead atoms. The molecule has 0 aliphatic carbocycles. The Balaban J connectivity index is 2.48. The first-order valence-corrected chi connectivity index (χ1v) is 6.23. The summed E-state index contributed by atoms with van der Waals surface area (Å²) in [6.45, 7) is 3.98. The third kappa shape index (κ3) is 2.12. The number of benzene rings is 1. The fraction of sp³-hybridized carbons (Fsp3) is 0.357. The van der Waals surface area contributed by atoms with Crippen LogP contribution in [0.25, 0.3) is 0 Å². The van der Waals surface area contributed by atoms with Gasteiger partial charge in [0.2, 0.25) is 5.91 Å². The minimum atomic E-state index is -1.37. The topological polar surface area (TPSA) is 63.7 Å². The molecule has 0 saturated carbocycles. The van der Waals surface area contributed by atoms with Gasteiger partial charge in [0.05, 0.1) is 12.3 Å². The summed E-state index contributed by atoms with van der Waals surface area (Å²) >= 11 is 0. The average molecular weight is 261 g/mol. The molecule has 19 heavy (non-hydrogen) atoms. The molecule has 0 radical (unpaired) electrons. The van der Waals surface area contributed by atoms with E-state index in [4.69, 9.17) is 4.74 Å². The molecular formula is C14H15NO4. The van der Waals surface area contributed by atoms with Crippen molar-refractivity contribution in [2.24, 2.45) is 5.92 Å². The zero-order valence-electron chi connectivity index (χ0n) is 10.9. The molecule has 0 fully saturated rings. The van der Waals surface area contributed by atoms with E-state index in [1.807, 2.05) is 0 Å². The summed E-state index contributed by atoms with van der Waals surface area (Å²) in [5, 5.41) is 0. The van der Waals surface area contributed by atoms with Crippen molar-refractivity contribution in [2.75, 3.05) is 18.1 Å². The van der Waals surface area contributed by atoms with Gasteiger partial charge in [-0.3, -0.25) is 14.4 Å². The molecule has 100 valence electrons. The van der Waals surface area contributed by atoms with E-state index in [1.54, 1.807) is 38.1 Å². The SMILES string of the molecule is CCOC(=O)C1C(=O)c2ccccc2N(CC)C1=O. The van der Waals surface area contributed by atoms with Gasteiger partial charge in [-0.25, -0.2) is 0 Å². The summed E-state index contributed by atoms with van der Waals surface area (Å²) < 4.78 is 4.82. The Bertz CT molecular complexity index is 538. The molecule has 1 amide bonds. The number of hydrogen-bond acceptors (Lipinski definition) is 4. The van der Waals surface area contributed by atoms with Crippen LogP contribution in [0.5, 0.6) is 0 Å². The van der Waals surface area contributed by atoms with Crippen LogP contribution in [0.4, 0.5) is 5.69 Å². The zero-order chi connectivity index (χ0) is 14.0. The van der Waals surface area contributed by atoms with Gasteiger partial charge in [0.15, 0.2) is 11.7 Å². The lowest BCUT2D eigenvalue weighted by Crippen LogP contribution is -2.48. The Morgan fingerprint density at radius 3 is 2.58 bits per heavy atom. The number of esters is 1. The Morgan fingerprint density at radius 2 is 1.95 bits per heavy atom. The van der Waals surface area contributed by atoms with E-state index < -0.39 is 23.6 Å². The van der Waals surface area contributed by atoms with Crippen LogP contribution in [0.3, 0.4) is 0 Å². The molecule has 0 saturated heterocycles. The summed E-state index contributed by atoms with van der Waals surface area (Å²) in [5.41, 5.74) is 0.947. The van der Waals surface area contributed by atoms with Gasteiger partial charge < -0.3 is 9.64 Å². The molecule has 1 aromatic carbocycles. The quantitative estimate of drug-likeness (QED) is 0.609. The Kier molecular flexibility index (Phi) is 3.64. The average Bonchev–Trinajstić information content (AvgIpc) is 2.40. The van der Waals surface area contributed by atoms with Gasteiger partial charge in [-0.2, -0.15) is 0 Å². The number of ether oxygens (including phenoxy) is 1. The molecule has 0 N–H and O–H groups in total. The van der Waals surface area contributed by atoms with Crippen LogP contribution in [0.2, 0.25) is 0 Å². The van der Waals surface area contributed by atoms with E-state index in [9.17, 15) is 14.4 Å². The van der Waals surface area contributed by atoms with E-state index in [0.717, 1.165) is 0 Å². The fourth-order valence-electron chi connectivity index (χ4n) is 2.22. The van der Waals surface area contributed by atoms with Crippen LogP contribution in [0.15, 0.2) is 24.3 Å². The number of para-hydroxylation sites is 1. The van der Waals surface area contributed by atoms with Gasteiger partial charge in [0, 0.05) is 12.1 Å². The van der Waals surface area contributed by atoms with Gasteiger partial charge in [-0.15, -0.1) is 0 Å². The Hall–Kier alpha value is -2.17. The van der Waals surface area contributed by atoms with Crippen LogP contribution < -0.4 is 4.90 Å². The lowest BCUT2D eigenvalue weighted by molar-refractivity contribution is -0.149. The summed E-state index contributed by atoms with van der Waals surface area (Å²) in [4.78, 5) is 37.7. The number of carbonyl (C=O) groups is 3. The minimum absolute atomic E-state index is 0.143. The largest absolute Gasteiger partial charge is 0.465 e. The van der Waals surface area contributed by atoms with Crippen molar-refractivity contribution in [3.63, 3.8) is 0 Å². The molecular weight excluding hydrogens is 246 g/mol. The fourth-order valence-corrected chi connectivity index (χ4v) is 2.22. The number of anilines is 1. The summed E-state index contributed by atoms with van der Waals surface area (Å²) in [6, 6.07) is 6.80. The number of amides is 1. The van der Waals surface area contributed by atoms with Crippen molar-refractivity contribution in [3.05, 3.63) is 29.8 Å². The number of carbonyl (C=O) groups excluding carboxylic acids is 3. The van der Waals surface area contributed by atoms with Crippen molar-refractivity contribution in [1.82, 2.24) is 0 Å². The van der Waals surface area contributed by atoms with E-state index >= 15 is 0 Å². The molecule has 1 aliphatic rings. The maximum atomic E-state index is 12.3. The lowest BCUT2D eigenvalue weighted by atomic mass is 9.90. The van der Waals surface area contributed by atoms with E-state index in [2.05, 4.69) is 0 Å². The maximum absolute atomic E-state index is 12.3. The number of rotatable bonds is 3. The van der Waals surface area contributed by atoms with Gasteiger partial charge >= 0.3 is 5.97 Å². The maximum Gasteiger partial charge on any atom is 0.326 e. The highest BCUT2D eigenvalue weighted by molar-refractivity contribution is 6.30. The molecule has 1 aromatic rings. The molecule has 0 spiro atoms. The highest BCUT2D eigenvalue weighted by atomic mass is 16.5. The van der Waals surface area contributed by atoms with Crippen LogP contribution in [0.1, 0.15) is 24.2 Å². The molecule has 1 aliphatic heterocycles. The van der Waals surface area contributed by atoms with Crippen LogP contribution in [-0.2, 0) is 14.3 Å². The van der Waals surface area contributed by atoms with E-state index in [1.165, 1.54) is 4.90 Å². The first kappa shape index (κ1) is 13.3. The predicted octanol–water partition coefficient (Wildman–Crippen LogP) is 1.42. The normalized spacial score (nSPS) is 18.2. The molecule has 1 unspecified atom stereocenters. The highest BCUT2D eigenvalue weighted by Gasteiger charge is 2.44. The van der Waals surface area contributed by atoms with Crippen LogP contribution >= 0.6 is 0 Å². The zero-order valence-corrected chi connectivity index (χ0v) is 10.9. The van der Waals surface area contributed by atoms with Crippen molar-refractivity contribution < 1.29 is 19.1 Å². The van der Waals surface area contributed by atoms with Crippen molar-refractivity contribution in [2.45, 2.75) is 13.8 Å². The second kappa shape index (κ2) is 5.22. The summed E-state index contributed by atoms with van der Waals surface area (Å²) in [7, 11) is 0. The number of Topliss-reactive ketones (excluding diaryl/α,β-unsaturated/α-hetero) is 1. The van der Waals surface area contributed by atoms with Crippen LogP contribution in [0, 0.1) is 5.92 Å². The first-order valence-electron chi connectivity index (χ1n) is 6.23. The molecule has 5 nitrogen and oxygen atoms in total. The Morgan fingerprint density at radius 1 is 1.26 bits per heavy atom. The second-order valence-corrected chi connectivity index (χ2v) is 4.15. The highest BCUT2D eigenvalue weighted by Crippen LogP contribution is 2.30. The number of ketones is 1. The van der Waals surface area contributed by atoms with Crippen LogP contribution in [-0.4, -0.2) is 30.8 Å². The predicted molar refractivity (Wildman–Crippen MR) is 68.9 cm³/mol. The Labute approximate surface area is 111 Å². The summed E-state index contributed by atoms with van der Waals surface area (Å²) in [6.07, 6.45) is 0. The lowest BCUT2D eigenvalue weighted by Gasteiger charge is -2.31. The number of nitrogens with zero attached hydrogens (tertiary/aromatic N) is 1. The van der Waals surface area contributed by atoms with E-state index in [0.29, 0.717) is 17.8 Å². The second-order valence-electron chi connectivity index (χ2n) is 4.15. The summed E-state index contributed by atoms with van der Waals surface area (Å²) in [5.74, 6) is -3.13. The molecule has 2 rings (SSSR count). The van der Waals surface area contributed by atoms with Gasteiger partial charge in [0.1, 0.15) is 0 Å². The molecule has 1 heterocycles. The smallest absolute Gasteiger partial charge is 0.326 e. The van der Waals surface area contributed by atoms with E-state index in [-0.39, 0.29) is 6.61 Å². The number of fused-ring (bicyclic) bond motifs is 1. The standard InChI is InChI=1S/C14H15NO4/c1-3-15-10-8-6-5-7-9(10)12(16)11(13(15)17)14(18)19-4-2/h5-8,11H,3-4H2,1-2H3. The van der Waals surface area contributed by atoms with Crippen molar-refractivity contribution in [1.29, 1.82) is 0 Å². The first-order chi connectivity index (χ1) is 9.11. The van der Waals surface area contributed by atoms with Crippen molar-refractivity contribution >= 4 is 23.3 Å². The monoisotopic (exact) mass is 261 g/mol. The van der Waals surface area contributed by atoms with Crippen molar-refractivity contribution in [3.8, 4) is 0 Å². The third-order valence-corrected chi connectivity index (χ3v) is 3.07.